The summed E-state index contributed by atoms with van der Waals surface area (Å²) in [7, 11) is 1.63. The molecule has 0 unspecified atom stereocenters. The number of hydrogen-bond acceptors (Lipinski definition) is 4. The number of pyridine rings is 2. The van der Waals surface area contributed by atoms with E-state index in [-0.39, 0.29) is 5.91 Å². The number of rotatable bonds is 5. The average molecular weight is 438 g/mol. The van der Waals surface area contributed by atoms with Crippen molar-refractivity contribution in [2.24, 2.45) is 0 Å². The normalized spacial score (nSPS) is 13.0. The number of ether oxygens (including phenoxy) is 1. The minimum absolute atomic E-state index is 0.0326. The fraction of sp³-hybridized carbons (Fsp3) is 0.227. The summed E-state index contributed by atoms with van der Waals surface area (Å²) < 4.78 is 5.27. The number of hydrogen-bond donors (Lipinski definition) is 0. The minimum Gasteiger partial charge on any atom is -0.497 e. The van der Waals surface area contributed by atoms with E-state index >= 15 is 0 Å². The molecule has 0 N–H and O–H groups in total. The van der Waals surface area contributed by atoms with Gasteiger partial charge in [-0.3, -0.25) is 14.8 Å². The van der Waals surface area contributed by atoms with E-state index in [2.05, 4.69) is 38.0 Å². The number of alkyl halides is 1. The number of carbonyl (C=O) groups excluding carboxylic acids is 1. The lowest BCUT2D eigenvalue weighted by Crippen LogP contribution is -2.23. The smallest absolute Gasteiger partial charge is 0.254 e. The number of aromatic nitrogens is 2. The van der Waals surface area contributed by atoms with Gasteiger partial charge in [-0.15, -0.1) is 0 Å². The molecule has 3 aromatic rings. The fourth-order valence-corrected chi connectivity index (χ4v) is 3.93. The van der Waals surface area contributed by atoms with Crippen LogP contribution >= 0.6 is 15.9 Å². The van der Waals surface area contributed by atoms with Crippen LogP contribution < -0.4 is 4.74 Å². The van der Waals surface area contributed by atoms with Crippen molar-refractivity contribution < 1.29 is 9.53 Å². The van der Waals surface area contributed by atoms with Gasteiger partial charge in [0.2, 0.25) is 0 Å². The van der Waals surface area contributed by atoms with E-state index in [9.17, 15) is 4.79 Å². The lowest BCUT2D eigenvalue weighted by Gasteiger charge is -2.16. The van der Waals surface area contributed by atoms with Gasteiger partial charge in [-0.1, -0.05) is 22.0 Å². The van der Waals surface area contributed by atoms with Crippen LogP contribution in [0.25, 0.3) is 11.1 Å². The van der Waals surface area contributed by atoms with E-state index in [1.165, 1.54) is 0 Å². The summed E-state index contributed by atoms with van der Waals surface area (Å²) in [5.74, 6) is 0.771. The highest BCUT2D eigenvalue weighted by molar-refractivity contribution is 9.08. The van der Waals surface area contributed by atoms with Crippen LogP contribution in [0, 0.1) is 6.92 Å². The SMILES string of the molecule is COc1ccnc(CN2Cc3c(cc(CBr)cc3-c3cccnc3C)C2=O)c1. The van der Waals surface area contributed by atoms with E-state index in [0.717, 1.165) is 45.0 Å². The highest BCUT2D eigenvalue weighted by Crippen LogP contribution is 2.36. The Kier molecular flexibility index (Phi) is 5.13. The van der Waals surface area contributed by atoms with E-state index < -0.39 is 0 Å². The quantitative estimate of drug-likeness (QED) is 0.550. The summed E-state index contributed by atoms with van der Waals surface area (Å²) in [5, 5.41) is 0.692. The van der Waals surface area contributed by atoms with Gasteiger partial charge in [0.1, 0.15) is 5.75 Å². The minimum atomic E-state index is 0.0326. The highest BCUT2D eigenvalue weighted by atomic mass is 79.9. The monoisotopic (exact) mass is 437 g/mol. The van der Waals surface area contributed by atoms with E-state index in [1.54, 1.807) is 25.6 Å². The first-order valence-corrected chi connectivity index (χ1v) is 10.1. The van der Waals surface area contributed by atoms with E-state index in [0.29, 0.717) is 18.4 Å². The molecule has 0 saturated carbocycles. The Bertz CT molecular complexity index is 1050. The average Bonchev–Trinajstić information content (AvgIpc) is 3.03. The van der Waals surface area contributed by atoms with Crippen molar-refractivity contribution in [2.45, 2.75) is 25.3 Å². The van der Waals surface area contributed by atoms with Gasteiger partial charge in [0.15, 0.2) is 0 Å². The molecule has 0 atom stereocenters. The van der Waals surface area contributed by atoms with Crippen molar-refractivity contribution >= 4 is 21.8 Å². The Hall–Kier alpha value is -2.73. The lowest BCUT2D eigenvalue weighted by molar-refractivity contribution is 0.0764. The van der Waals surface area contributed by atoms with Gasteiger partial charge in [-0.05, 0) is 47.9 Å². The molecule has 5 nitrogen and oxygen atoms in total. The van der Waals surface area contributed by atoms with Crippen molar-refractivity contribution in [3.8, 4) is 16.9 Å². The number of fused-ring (bicyclic) bond motifs is 1. The topological polar surface area (TPSA) is 55.3 Å². The van der Waals surface area contributed by atoms with Gasteiger partial charge in [0, 0.05) is 47.2 Å². The molecule has 0 bridgehead atoms. The third-order valence-electron chi connectivity index (χ3n) is 5.00. The number of amides is 1. The van der Waals surface area contributed by atoms with Crippen LogP contribution in [-0.2, 0) is 18.4 Å². The molecule has 1 aliphatic heterocycles. The summed E-state index contributed by atoms with van der Waals surface area (Å²) in [6.07, 6.45) is 3.49. The zero-order chi connectivity index (χ0) is 19.7. The summed E-state index contributed by atoms with van der Waals surface area (Å²) in [5.41, 5.74) is 6.79. The summed E-state index contributed by atoms with van der Waals surface area (Å²) >= 11 is 3.53. The predicted molar refractivity (Wildman–Crippen MR) is 111 cm³/mol. The van der Waals surface area contributed by atoms with Crippen molar-refractivity contribution in [3.05, 3.63) is 76.9 Å². The zero-order valence-corrected chi connectivity index (χ0v) is 17.4. The van der Waals surface area contributed by atoms with Crippen molar-refractivity contribution in [1.82, 2.24) is 14.9 Å². The molecular weight excluding hydrogens is 418 g/mol. The largest absolute Gasteiger partial charge is 0.497 e. The molecule has 4 rings (SSSR count). The zero-order valence-electron chi connectivity index (χ0n) is 15.8. The summed E-state index contributed by atoms with van der Waals surface area (Å²) in [6.45, 7) is 3.00. The molecule has 3 heterocycles. The highest BCUT2D eigenvalue weighted by Gasteiger charge is 2.31. The molecular formula is C22H20BrN3O2. The molecule has 0 saturated heterocycles. The third-order valence-corrected chi connectivity index (χ3v) is 5.65. The Morgan fingerprint density at radius 2 is 1.93 bits per heavy atom. The molecule has 0 radical (unpaired) electrons. The Balaban J connectivity index is 1.73. The van der Waals surface area contributed by atoms with Crippen LogP contribution in [0.1, 0.15) is 32.9 Å². The number of aryl methyl sites for hydroxylation is 1. The molecule has 28 heavy (non-hydrogen) atoms. The second-order valence-corrected chi connectivity index (χ2v) is 7.35. The number of nitrogens with zero attached hydrogens (tertiary/aromatic N) is 3. The van der Waals surface area contributed by atoms with Crippen LogP contribution in [-0.4, -0.2) is 27.9 Å². The molecule has 1 amide bonds. The maximum atomic E-state index is 13.1. The number of benzene rings is 1. The van der Waals surface area contributed by atoms with Crippen LogP contribution in [0.5, 0.6) is 5.75 Å². The first kappa shape index (κ1) is 18.6. The molecule has 2 aromatic heterocycles. The predicted octanol–water partition coefficient (Wildman–Crippen LogP) is 4.51. The third kappa shape index (κ3) is 3.40. The number of halogens is 1. The second-order valence-electron chi connectivity index (χ2n) is 6.79. The molecule has 0 spiro atoms. The van der Waals surface area contributed by atoms with Crippen molar-refractivity contribution in [1.29, 1.82) is 0 Å². The van der Waals surface area contributed by atoms with Crippen molar-refractivity contribution in [2.75, 3.05) is 7.11 Å². The van der Waals surface area contributed by atoms with Crippen molar-refractivity contribution in [3.63, 3.8) is 0 Å². The first-order valence-electron chi connectivity index (χ1n) is 9.02. The van der Waals surface area contributed by atoms with E-state index in [4.69, 9.17) is 4.74 Å². The van der Waals surface area contributed by atoms with Gasteiger partial charge < -0.3 is 9.64 Å². The molecule has 6 heteroatoms. The van der Waals surface area contributed by atoms with Crippen LogP contribution in [0.3, 0.4) is 0 Å². The number of methoxy groups -OCH3 is 1. The van der Waals surface area contributed by atoms with E-state index in [1.807, 2.05) is 30.0 Å². The van der Waals surface area contributed by atoms with Crippen LogP contribution in [0.2, 0.25) is 0 Å². The molecule has 0 fully saturated rings. The van der Waals surface area contributed by atoms with Crippen LogP contribution in [0.4, 0.5) is 0 Å². The molecule has 0 aliphatic carbocycles. The summed E-state index contributed by atoms with van der Waals surface area (Å²) in [4.78, 5) is 23.8. The standard InChI is InChI=1S/C22H20BrN3O2/c1-14-18(4-3-6-24-14)19-8-15(11-23)9-20-21(19)13-26(22(20)27)12-16-10-17(28-2)5-7-25-16/h3-10H,11-13H2,1-2H3. The Labute approximate surface area is 172 Å². The maximum absolute atomic E-state index is 13.1. The van der Waals surface area contributed by atoms with Crippen LogP contribution in [0.15, 0.2) is 48.8 Å². The molecule has 1 aliphatic rings. The summed E-state index contributed by atoms with van der Waals surface area (Å²) in [6, 6.07) is 11.8. The molecule has 1 aromatic carbocycles. The number of carbonyl (C=O) groups is 1. The second kappa shape index (κ2) is 7.72. The lowest BCUT2D eigenvalue weighted by atomic mass is 9.94. The molecule has 142 valence electrons. The van der Waals surface area contributed by atoms with Gasteiger partial charge in [-0.2, -0.15) is 0 Å². The maximum Gasteiger partial charge on any atom is 0.254 e. The Morgan fingerprint density at radius 3 is 2.68 bits per heavy atom. The first-order chi connectivity index (χ1) is 13.6. The van der Waals surface area contributed by atoms with Gasteiger partial charge in [-0.25, -0.2) is 0 Å². The fourth-order valence-electron chi connectivity index (χ4n) is 3.61. The Morgan fingerprint density at radius 1 is 1.11 bits per heavy atom. The van der Waals surface area contributed by atoms with Gasteiger partial charge in [0.05, 0.1) is 19.3 Å². The van der Waals surface area contributed by atoms with Gasteiger partial charge >= 0.3 is 0 Å². The van der Waals surface area contributed by atoms with Gasteiger partial charge in [0.25, 0.3) is 5.91 Å².